The molecule has 0 radical (unpaired) electrons. The number of nitrogens with zero attached hydrogens (tertiary/aromatic N) is 3. The molecule has 0 spiro atoms. The SMILES string of the molecule is CCc1nc2n(n1)CC(CC(=O)OC)C(=O)N2. The first-order valence-electron chi connectivity index (χ1n) is 5.45. The molecule has 1 aliphatic heterocycles. The van der Waals surface area contributed by atoms with E-state index in [-0.39, 0.29) is 12.3 Å². The third kappa shape index (κ3) is 2.27. The van der Waals surface area contributed by atoms with Gasteiger partial charge >= 0.3 is 5.97 Å². The summed E-state index contributed by atoms with van der Waals surface area (Å²) in [7, 11) is 1.30. The number of hydrogen-bond acceptors (Lipinski definition) is 5. The van der Waals surface area contributed by atoms with E-state index in [9.17, 15) is 9.59 Å². The van der Waals surface area contributed by atoms with Crippen LogP contribution in [0.4, 0.5) is 5.95 Å². The zero-order valence-corrected chi connectivity index (χ0v) is 9.77. The van der Waals surface area contributed by atoms with Gasteiger partial charge in [0.1, 0.15) is 0 Å². The Morgan fingerprint density at radius 1 is 1.65 bits per heavy atom. The molecule has 1 aromatic heterocycles. The van der Waals surface area contributed by atoms with E-state index in [0.29, 0.717) is 24.7 Å². The minimum absolute atomic E-state index is 0.0586. The second-order valence-corrected chi connectivity index (χ2v) is 3.85. The number of hydrogen-bond donors (Lipinski definition) is 1. The minimum Gasteiger partial charge on any atom is -0.469 e. The van der Waals surface area contributed by atoms with Crippen molar-refractivity contribution in [2.45, 2.75) is 26.3 Å². The first-order valence-corrected chi connectivity index (χ1v) is 5.45. The van der Waals surface area contributed by atoms with Crippen molar-refractivity contribution in [1.82, 2.24) is 14.8 Å². The predicted molar refractivity (Wildman–Crippen MR) is 58.2 cm³/mol. The van der Waals surface area contributed by atoms with Gasteiger partial charge in [-0.25, -0.2) is 4.68 Å². The van der Waals surface area contributed by atoms with Crippen LogP contribution < -0.4 is 5.32 Å². The summed E-state index contributed by atoms with van der Waals surface area (Å²) < 4.78 is 6.17. The Balaban J connectivity index is 2.14. The standard InChI is InChI=1S/C10H14N4O3/c1-3-7-11-10-12-9(16)6(4-8(15)17-2)5-14(10)13-7/h6H,3-5H2,1-2H3,(H,11,12,13,16). The zero-order chi connectivity index (χ0) is 12.4. The van der Waals surface area contributed by atoms with Crippen LogP contribution in [0, 0.1) is 5.92 Å². The Bertz CT molecular complexity index is 454. The summed E-state index contributed by atoms with van der Waals surface area (Å²) in [6, 6.07) is 0. The van der Waals surface area contributed by atoms with Crippen molar-refractivity contribution in [2.75, 3.05) is 12.4 Å². The Morgan fingerprint density at radius 2 is 2.41 bits per heavy atom. The second kappa shape index (κ2) is 4.52. The molecule has 0 saturated carbocycles. The summed E-state index contributed by atoms with van der Waals surface area (Å²) in [5, 5.41) is 6.86. The van der Waals surface area contributed by atoms with E-state index in [4.69, 9.17) is 0 Å². The molecule has 0 aromatic carbocycles. The lowest BCUT2D eigenvalue weighted by Crippen LogP contribution is -2.35. The van der Waals surface area contributed by atoms with Crippen LogP contribution >= 0.6 is 0 Å². The maximum absolute atomic E-state index is 11.7. The molecule has 0 aliphatic carbocycles. The molecule has 2 rings (SSSR count). The Kier molecular flexibility index (Phi) is 3.08. The highest BCUT2D eigenvalue weighted by atomic mass is 16.5. The van der Waals surface area contributed by atoms with Crippen LogP contribution in [-0.2, 0) is 27.3 Å². The molecule has 92 valence electrons. The molecule has 0 fully saturated rings. The summed E-state index contributed by atoms with van der Waals surface area (Å²) >= 11 is 0. The van der Waals surface area contributed by atoms with Crippen molar-refractivity contribution < 1.29 is 14.3 Å². The number of nitrogens with one attached hydrogen (secondary N) is 1. The molecule has 7 heteroatoms. The van der Waals surface area contributed by atoms with Crippen LogP contribution in [0.15, 0.2) is 0 Å². The molecule has 1 aromatic rings. The predicted octanol–water partition coefficient (Wildman–Crippen LogP) is -0.0281. The average Bonchev–Trinajstić information content (AvgIpc) is 2.71. The highest BCUT2D eigenvalue weighted by Crippen LogP contribution is 2.19. The highest BCUT2D eigenvalue weighted by Gasteiger charge is 2.30. The molecule has 1 unspecified atom stereocenters. The van der Waals surface area contributed by atoms with Gasteiger partial charge < -0.3 is 4.74 Å². The number of carbonyl (C=O) groups is 2. The summed E-state index contributed by atoms with van der Waals surface area (Å²) in [5.41, 5.74) is 0. The summed E-state index contributed by atoms with van der Waals surface area (Å²) in [5.74, 6) is 0.0794. The van der Waals surface area contributed by atoms with Crippen LogP contribution in [0.3, 0.4) is 0 Å². The van der Waals surface area contributed by atoms with Gasteiger partial charge in [-0.2, -0.15) is 10.1 Å². The van der Waals surface area contributed by atoms with Gasteiger partial charge in [-0.15, -0.1) is 0 Å². The van der Waals surface area contributed by atoms with E-state index in [0.717, 1.165) is 0 Å². The quantitative estimate of drug-likeness (QED) is 0.747. The number of methoxy groups -OCH3 is 1. The van der Waals surface area contributed by atoms with Crippen LogP contribution in [-0.4, -0.2) is 33.8 Å². The summed E-state index contributed by atoms with van der Waals surface area (Å²) in [6.45, 7) is 2.30. The maximum atomic E-state index is 11.7. The van der Waals surface area contributed by atoms with Crippen molar-refractivity contribution in [3.63, 3.8) is 0 Å². The van der Waals surface area contributed by atoms with Gasteiger partial charge in [0.2, 0.25) is 11.9 Å². The molecular weight excluding hydrogens is 224 g/mol. The number of aryl methyl sites for hydroxylation is 1. The third-order valence-corrected chi connectivity index (χ3v) is 2.67. The second-order valence-electron chi connectivity index (χ2n) is 3.85. The van der Waals surface area contributed by atoms with E-state index in [1.165, 1.54) is 7.11 Å². The Labute approximate surface area is 98.2 Å². The van der Waals surface area contributed by atoms with E-state index in [1.807, 2.05) is 6.92 Å². The fourth-order valence-corrected chi connectivity index (χ4v) is 1.70. The fourth-order valence-electron chi connectivity index (χ4n) is 1.70. The molecular formula is C10H14N4O3. The molecule has 0 bridgehead atoms. The molecule has 7 nitrogen and oxygen atoms in total. The molecule has 1 amide bonds. The molecule has 0 saturated heterocycles. The lowest BCUT2D eigenvalue weighted by atomic mass is 10.0. The zero-order valence-electron chi connectivity index (χ0n) is 9.77. The van der Waals surface area contributed by atoms with Crippen molar-refractivity contribution in [2.24, 2.45) is 5.92 Å². The molecule has 17 heavy (non-hydrogen) atoms. The lowest BCUT2D eigenvalue weighted by Gasteiger charge is -2.20. The fraction of sp³-hybridized carbons (Fsp3) is 0.600. The van der Waals surface area contributed by atoms with E-state index >= 15 is 0 Å². The molecule has 1 N–H and O–H groups in total. The number of ether oxygens (including phenoxy) is 1. The van der Waals surface area contributed by atoms with Gasteiger partial charge in [0.25, 0.3) is 0 Å². The number of esters is 1. The first kappa shape index (κ1) is 11.6. The van der Waals surface area contributed by atoms with Crippen LogP contribution in [0.2, 0.25) is 0 Å². The smallest absolute Gasteiger partial charge is 0.306 e. The van der Waals surface area contributed by atoms with Crippen LogP contribution in [0.1, 0.15) is 19.2 Å². The summed E-state index contributed by atoms with van der Waals surface area (Å²) in [6.07, 6.45) is 0.765. The third-order valence-electron chi connectivity index (χ3n) is 2.67. The van der Waals surface area contributed by atoms with Gasteiger partial charge in [-0.3, -0.25) is 14.9 Å². The Morgan fingerprint density at radius 3 is 3.06 bits per heavy atom. The van der Waals surface area contributed by atoms with Crippen molar-refractivity contribution in [3.8, 4) is 0 Å². The largest absolute Gasteiger partial charge is 0.469 e. The lowest BCUT2D eigenvalue weighted by molar-refractivity contribution is -0.143. The number of amides is 1. The average molecular weight is 238 g/mol. The highest BCUT2D eigenvalue weighted by molar-refractivity contribution is 5.94. The maximum Gasteiger partial charge on any atom is 0.306 e. The first-order chi connectivity index (χ1) is 8.13. The van der Waals surface area contributed by atoms with E-state index in [1.54, 1.807) is 4.68 Å². The Hall–Kier alpha value is -1.92. The van der Waals surface area contributed by atoms with Gasteiger partial charge in [-0.1, -0.05) is 6.92 Å². The van der Waals surface area contributed by atoms with Gasteiger partial charge in [0.15, 0.2) is 5.82 Å². The number of fused-ring (bicyclic) bond motifs is 1. The van der Waals surface area contributed by atoms with Crippen LogP contribution in [0.25, 0.3) is 0 Å². The monoisotopic (exact) mass is 238 g/mol. The number of rotatable bonds is 3. The minimum atomic E-state index is -0.443. The van der Waals surface area contributed by atoms with Gasteiger partial charge in [-0.05, 0) is 0 Å². The summed E-state index contributed by atoms with van der Waals surface area (Å²) in [4.78, 5) is 27.0. The van der Waals surface area contributed by atoms with E-state index < -0.39 is 11.9 Å². The molecule has 2 heterocycles. The molecule has 1 atom stereocenters. The van der Waals surface area contributed by atoms with Crippen molar-refractivity contribution >= 4 is 17.8 Å². The van der Waals surface area contributed by atoms with Crippen molar-refractivity contribution in [1.29, 1.82) is 0 Å². The number of anilines is 1. The number of carbonyl (C=O) groups excluding carboxylic acids is 2. The van der Waals surface area contributed by atoms with Gasteiger partial charge in [0, 0.05) is 6.42 Å². The topological polar surface area (TPSA) is 86.1 Å². The van der Waals surface area contributed by atoms with Crippen molar-refractivity contribution in [3.05, 3.63) is 5.82 Å². The van der Waals surface area contributed by atoms with E-state index in [2.05, 4.69) is 20.1 Å². The molecule has 1 aliphatic rings. The number of aromatic nitrogens is 3. The van der Waals surface area contributed by atoms with Gasteiger partial charge in [0.05, 0.1) is 26.0 Å². The normalized spacial score (nSPS) is 18.5. The van der Waals surface area contributed by atoms with Crippen LogP contribution in [0.5, 0.6) is 0 Å².